The van der Waals surface area contributed by atoms with Crippen LogP contribution in [-0.4, -0.2) is 39.2 Å². The first kappa shape index (κ1) is 17.3. The molecule has 3 aliphatic rings. The highest BCUT2D eigenvalue weighted by Crippen LogP contribution is 2.56. The van der Waals surface area contributed by atoms with E-state index < -0.39 is 16.8 Å². The van der Waals surface area contributed by atoms with Crippen molar-refractivity contribution >= 4 is 35.2 Å². The van der Waals surface area contributed by atoms with Crippen molar-refractivity contribution in [2.75, 3.05) is 11.4 Å². The molecule has 142 valence electrons. The maximum absolute atomic E-state index is 13.7. The Morgan fingerprint density at radius 1 is 1.11 bits per heavy atom. The number of thioether (sulfide) groups is 1. The summed E-state index contributed by atoms with van der Waals surface area (Å²) in [5, 5.41) is 9.71. The Hall–Kier alpha value is -2.80. The Morgan fingerprint density at radius 2 is 1.86 bits per heavy atom. The Labute approximate surface area is 166 Å². The second-order valence-corrected chi connectivity index (χ2v) is 8.68. The van der Waals surface area contributed by atoms with E-state index in [0.717, 1.165) is 21.7 Å². The van der Waals surface area contributed by atoms with Gasteiger partial charge < -0.3 is 10.0 Å². The minimum atomic E-state index is -1.00. The van der Waals surface area contributed by atoms with Gasteiger partial charge in [0.05, 0.1) is 11.6 Å². The van der Waals surface area contributed by atoms with Gasteiger partial charge in [-0.15, -0.1) is 0 Å². The first-order valence-electron chi connectivity index (χ1n) is 9.22. The summed E-state index contributed by atoms with van der Waals surface area (Å²) in [7, 11) is 0. The average molecular weight is 394 g/mol. The summed E-state index contributed by atoms with van der Waals surface area (Å²) in [6.45, 7) is 0.478. The van der Waals surface area contributed by atoms with Gasteiger partial charge >= 0.3 is 5.97 Å². The van der Waals surface area contributed by atoms with Crippen molar-refractivity contribution < 1.29 is 19.5 Å². The van der Waals surface area contributed by atoms with E-state index in [4.69, 9.17) is 0 Å². The van der Waals surface area contributed by atoms with E-state index in [0.29, 0.717) is 19.4 Å². The molecule has 7 heteroatoms. The van der Waals surface area contributed by atoms with E-state index in [2.05, 4.69) is 0 Å². The van der Waals surface area contributed by atoms with E-state index >= 15 is 0 Å². The average Bonchev–Trinajstić information content (AvgIpc) is 3.22. The SMILES string of the molecule is O=C(O)C1CN(C(=O)C23CCC(=O)N2c2ccccc2S3)Cc2ccccc21. The fourth-order valence-corrected chi connectivity index (χ4v) is 5.99. The number of fused-ring (bicyclic) bond motifs is 4. The molecule has 2 atom stereocenters. The van der Waals surface area contributed by atoms with Gasteiger partial charge in [0.25, 0.3) is 5.91 Å². The van der Waals surface area contributed by atoms with Gasteiger partial charge in [-0.1, -0.05) is 48.2 Å². The number of para-hydroxylation sites is 1. The molecule has 5 rings (SSSR count). The number of anilines is 1. The lowest BCUT2D eigenvalue weighted by molar-refractivity contribution is -0.142. The van der Waals surface area contributed by atoms with Gasteiger partial charge in [0.2, 0.25) is 5.91 Å². The highest BCUT2D eigenvalue weighted by Gasteiger charge is 2.59. The summed E-state index contributed by atoms with van der Waals surface area (Å²) >= 11 is 1.42. The van der Waals surface area contributed by atoms with Crippen LogP contribution in [0.15, 0.2) is 53.4 Å². The van der Waals surface area contributed by atoms with Gasteiger partial charge in [-0.2, -0.15) is 0 Å². The summed E-state index contributed by atoms with van der Waals surface area (Å²) in [6.07, 6.45) is 0.750. The van der Waals surface area contributed by atoms with Gasteiger partial charge in [-0.25, -0.2) is 0 Å². The molecule has 0 aliphatic carbocycles. The van der Waals surface area contributed by atoms with E-state index in [9.17, 15) is 19.5 Å². The largest absolute Gasteiger partial charge is 0.481 e. The molecule has 28 heavy (non-hydrogen) atoms. The summed E-state index contributed by atoms with van der Waals surface area (Å²) in [6, 6.07) is 14.9. The molecule has 1 fully saturated rings. The quantitative estimate of drug-likeness (QED) is 0.848. The number of carboxylic acid groups (broad SMARTS) is 1. The molecule has 1 N–H and O–H groups in total. The van der Waals surface area contributed by atoms with Crippen LogP contribution >= 0.6 is 11.8 Å². The smallest absolute Gasteiger partial charge is 0.312 e. The van der Waals surface area contributed by atoms with Gasteiger partial charge in [-0.3, -0.25) is 19.3 Å². The molecule has 0 bridgehead atoms. The first-order valence-corrected chi connectivity index (χ1v) is 10.0. The summed E-state index contributed by atoms with van der Waals surface area (Å²) in [4.78, 5) is 41.4. The van der Waals surface area contributed by atoms with Gasteiger partial charge in [0.1, 0.15) is 0 Å². The minimum Gasteiger partial charge on any atom is -0.481 e. The number of aliphatic carboxylic acids is 1. The van der Waals surface area contributed by atoms with Crippen LogP contribution < -0.4 is 4.90 Å². The third-order valence-electron chi connectivity index (χ3n) is 5.79. The van der Waals surface area contributed by atoms with E-state index in [1.54, 1.807) is 9.80 Å². The number of hydrogen-bond acceptors (Lipinski definition) is 4. The molecule has 2 unspecified atom stereocenters. The lowest BCUT2D eigenvalue weighted by Crippen LogP contribution is -2.55. The normalized spacial score (nSPS) is 25.3. The zero-order valence-electron chi connectivity index (χ0n) is 15.0. The Kier molecular flexibility index (Phi) is 3.77. The maximum Gasteiger partial charge on any atom is 0.312 e. The minimum absolute atomic E-state index is 0.0574. The third kappa shape index (κ3) is 2.32. The Morgan fingerprint density at radius 3 is 2.68 bits per heavy atom. The van der Waals surface area contributed by atoms with Crippen LogP contribution in [-0.2, 0) is 20.9 Å². The van der Waals surface area contributed by atoms with Crippen molar-refractivity contribution in [3.8, 4) is 0 Å². The Balaban J connectivity index is 1.54. The van der Waals surface area contributed by atoms with Crippen LogP contribution in [0.5, 0.6) is 0 Å². The molecule has 3 aliphatic heterocycles. The van der Waals surface area contributed by atoms with Gasteiger partial charge in [-0.05, 0) is 29.7 Å². The van der Waals surface area contributed by atoms with Crippen LogP contribution in [0.4, 0.5) is 5.69 Å². The third-order valence-corrected chi connectivity index (χ3v) is 7.25. The molecule has 6 nitrogen and oxygen atoms in total. The second-order valence-electron chi connectivity index (χ2n) is 7.36. The van der Waals surface area contributed by atoms with E-state index in [-0.39, 0.29) is 18.4 Å². The topological polar surface area (TPSA) is 77.9 Å². The number of nitrogens with zero attached hydrogens (tertiary/aromatic N) is 2. The number of carboxylic acids is 1. The molecule has 3 heterocycles. The molecule has 0 radical (unpaired) electrons. The number of carbonyl (C=O) groups excluding carboxylic acids is 2. The number of benzene rings is 2. The monoisotopic (exact) mass is 394 g/mol. The van der Waals surface area contributed by atoms with Crippen molar-refractivity contribution in [3.63, 3.8) is 0 Å². The summed E-state index contributed by atoms with van der Waals surface area (Å²) < 4.78 is 0. The van der Waals surface area contributed by atoms with E-state index in [1.165, 1.54) is 11.8 Å². The molecule has 0 saturated carbocycles. The summed E-state index contributed by atoms with van der Waals surface area (Å²) in [5.74, 6) is -1.94. The zero-order chi connectivity index (χ0) is 19.5. The fourth-order valence-electron chi connectivity index (χ4n) is 4.50. The number of rotatable bonds is 2. The number of carbonyl (C=O) groups is 3. The molecule has 2 aromatic rings. The lowest BCUT2D eigenvalue weighted by Gasteiger charge is -2.39. The van der Waals surface area contributed by atoms with Crippen molar-refractivity contribution in [2.24, 2.45) is 0 Å². The molecule has 2 aromatic carbocycles. The van der Waals surface area contributed by atoms with Crippen LogP contribution in [0, 0.1) is 0 Å². The van der Waals surface area contributed by atoms with Gasteiger partial charge in [0.15, 0.2) is 4.87 Å². The van der Waals surface area contributed by atoms with Crippen LogP contribution in [0.25, 0.3) is 0 Å². The molecule has 1 saturated heterocycles. The Bertz CT molecular complexity index is 1020. The van der Waals surface area contributed by atoms with Crippen molar-refractivity contribution in [1.29, 1.82) is 0 Å². The van der Waals surface area contributed by atoms with Crippen LogP contribution in [0.1, 0.15) is 29.9 Å². The predicted octanol–water partition coefficient (Wildman–Crippen LogP) is 2.83. The van der Waals surface area contributed by atoms with Gasteiger partial charge in [0, 0.05) is 24.4 Å². The second kappa shape index (κ2) is 6.10. The highest BCUT2D eigenvalue weighted by molar-refractivity contribution is 8.02. The molecule has 0 spiro atoms. The predicted molar refractivity (Wildman–Crippen MR) is 104 cm³/mol. The molecular formula is C21H18N2O4S. The first-order chi connectivity index (χ1) is 13.5. The van der Waals surface area contributed by atoms with Crippen molar-refractivity contribution in [2.45, 2.75) is 35.1 Å². The highest BCUT2D eigenvalue weighted by atomic mass is 32.2. The number of amides is 2. The molecular weight excluding hydrogens is 376 g/mol. The van der Waals surface area contributed by atoms with Crippen molar-refractivity contribution in [1.82, 2.24) is 4.90 Å². The number of hydrogen-bond donors (Lipinski definition) is 1. The lowest BCUT2D eigenvalue weighted by atomic mass is 9.89. The fraction of sp³-hybridized carbons (Fsp3) is 0.286. The summed E-state index contributed by atoms with van der Waals surface area (Å²) in [5.41, 5.74) is 2.39. The van der Waals surface area contributed by atoms with Crippen molar-refractivity contribution in [3.05, 3.63) is 59.7 Å². The van der Waals surface area contributed by atoms with Crippen LogP contribution in [0.3, 0.4) is 0 Å². The maximum atomic E-state index is 13.7. The molecule has 2 amide bonds. The van der Waals surface area contributed by atoms with Crippen LogP contribution in [0.2, 0.25) is 0 Å². The standard InChI is InChI=1S/C21H18N2O4S/c24-18-9-10-21(23(18)16-7-3-4-8-17(16)28-21)20(27)22-11-13-5-1-2-6-14(13)15(12-22)19(25)26/h1-8,15H,9-12H2,(H,25,26). The van der Waals surface area contributed by atoms with E-state index in [1.807, 2.05) is 48.5 Å². The molecule has 0 aromatic heterocycles. The zero-order valence-corrected chi connectivity index (χ0v) is 15.8.